The minimum absolute atomic E-state index is 0.100. The number of rotatable bonds is 6. The molecule has 5 nitrogen and oxygen atoms in total. The Balaban J connectivity index is 4.38. The van der Waals surface area contributed by atoms with Crippen molar-refractivity contribution in [2.45, 2.75) is 27.2 Å². The zero-order valence-corrected chi connectivity index (χ0v) is 10.0. The van der Waals surface area contributed by atoms with Crippen LogP contribution in [0.25, 0.3) is 0 Å². The van der Waals surface area contributed by atoms with Gasteiger partial charge in [-0.05, 0) is 20.8 Å². The molecule has 5 heteroatoms. The van der Waals surface area contributed by atoms with Crippen molar-refractivity contribution in [3.8, 4) is 6.07 Å². The molecule has 0 aliphatic carbocycles. The first-order chi connectivity index (χ1) is 7.60. The second-order valence-electron chi connectivity index (χ2n) is 3.20. The van der Waals surface area contributed by atoms with Gasteiger partial charge in [0.05, 0.1) is 19.1 Å². The van der Waals surface area contributed by atoms with Crippen LogP contribution in [0.2, 0.25) is 0 Å². The van der Waals surface area contributed by atoms with Crippen LogP contribution in [-0.4, -0.2) is 36.5 Å². The number of carbonyl (C=O) groups excluding carboxylic acids is 2. The van der Waals surface area contributed by atoms with Crippen molar-refractivity contribution in [2.75, 3.05) is 19.7 Å². The number of nitrogens with zero attached hydrogens (tertiary/aromatic N) is 2. The third-order valence-corrected chi connectivity index (χ3v) is 2.22. The maximum absolute atomic E-state index is 11.7. The first-order valence-electron chi connectivity index (χ1n) is 5.44. The zero-order chi connectivity index (χ0) is 12.6. The summed E-state index contributed by atoms with van der Waals surface area (Å²) in [5, 5.41) is 8.78. The van der Waals surface area contributed by atoms with E-state index in [4.69, 9.17) is 10.00 Å². The molecule has 0 aromatic heterocycles. The molecule has 0 bridgehead atoms. The summed E-state index contributed by atoms with van der Waals surface area (Å²) in [4.78, 5) is 24.5. The average Bonchev–Trinajstić information content (AvgIpc) is 2.27. The van der Waals surface area contributed by atoms with Gasteiger partial charge in [0.2, 0.25) is 5.91 Å². The van der Waals surface area contributed by atoms with Crippen molar-refractivity contribution < 1.29 is 14.3 Å². The monoisotopic (exact) mass is 226 g/mol. The fourth-order valence-electron chi connectivity index (χ4n) is 1.30. The van der Waals surface area contributed by atoms with Crippen LogP contribution in [0.4, 0.5) is 0 Å². The van der Waals surface area contributed by atoms with E-state index in [9.17, 15) is 9.59 Å². The highest BCUT2D eigenvalue weighted by molar-refractivity contribution is 5.84. The molecule has 0 saturated carbocycles. The van der Waals surface area contributed by atoms with Crippen molar-refractivity contribution in [3.63, 3.8) is 0 Å². The van der Waals surface area contributed by atoms with E-state index in [1.165, 1.54) is 0 Å². The van der Waals surface area contributed by atoms with Crippen LogP contribution in [0.5, 0.6) is 0 Å². The minimum Gasteiger partial charge on any atom is -0.465 e. The smallest absolute Gasteiger partial charge is 0.323 e. The zero-order valence-electron chi connectivity index (χ0n) is 10.0. The Hall–Kier alpha value is -1.57. The normalized spacial score (nSPS) is 11.4. The van der Waals surface area contributed by atoms with E-state index in [1.807, 2.05) is 13.8 Å². The molecule has 1 unspecified atom stereocenters. The molecule has 1 amide bonds. The second-order valence-corrected chi connectivity index (χ2v) is 3.20. The van der Waals surface area contributed by atoms with Crippen LogP contribution < -0.4 is 0 Å². The van der Waals surface area contributed by atoms with E-state index in [2.05, 4.69) is 0 Å². The Kier molecular flexibility index (Phi) is 6.93. The van der Waals surface area contributed by atoms with Gasteiger partial charge >= 0.3 is 5.97 Å². The highest BCUT2D eigenvalue weighted by Crippen LogP contribution is 2.07. The van der Waals surface area contributed by atoms with E-state index in [0.717, 1.165) is 0 Å². The van der Waals surface area contributed by atoms with Crippen LogP contribution in [0, 0.1) is 17.2 Å². The van der Waals surface area contributed by atoms with Crippen LogP contribution in [0.15, 0.2) is 0 Å². The number of esters is 1. The van der Waals surface area contributed by atoms with E-state index in [-0.39, 0.29) is 18.9 Å². The Morgan fingerprint density at radius 2 is 1.88 bits per heavy atom. The first kappa shape index (κ1) is 14.4. The molecule has 0 aromatic carbocycles. The predicted molar refractivity (Wildman–Crippen MR) is 58.3 cm³/mol. The van der Waals surface area contributed by atoms with Crippen molar-refractivity contribution in [1.82, 2.24) is 4.90 Å². The van der Waals surface area contributed by atoms with Gasteiger partial charge in [0.15, 0.2) is 5.92 Å². The molecular formula is C11H18N2O3. The lowest BCUT2D eigenvalue weighted by atomic mass is 10.1. The lowest BCUT2D eigenvalue weighted by molar-refractivity contribution is -0.148. The molecular weight excluding hydrogens is 208 g/mol. The Labute approximate surface area is 96.0 Å². The van der Waals surface area contributed by atoms with Crippen LogP contribution >= 0.6 is 0 Å². The summed E-state index contributed by atoms with van der Waals surface area (Å²) in [6.45, 7) is 6.75. The molecule has 1 atom stereocenters. The maximum atomic E-state index is 11.7. The fraction of sp³-hybridized carbons (Fsp3) is 0.727. The van der Waals surface area contributed by atoms with Crippen molar-refractivity contribution in [2.24, 2.45) is 5.92 Å². The number of ether oxygens (including phenoxy) is 1. The number of nitriles is 1. The highest BCUT2D eigenvalue weighted by Gasteiger charge is 2.24. The molecule has 0 aliphatic heterocycles. The van der Waals surface area contributed by atoms with Crippen LogP contribution in [0.1, 0.15) is 27.2 Å². The quantitative estimate of drug-likeness (QED) is 0.632. The molecule has 0 heterocycles. The number of carbonyl (C=O) groups is 2. The van der Waals surface area contributed by atoms with Gasteiger partial charge in [-0.3, -0.25) is 9.59 Å². The summed E-state index contributed by atoms with van der Waals surface area (Å²) in [5.74, 6) is -1.80. The largest absolute Gasteiger partial charge is 0.465 e. The summed E-state index contributed by atoms with van der Waals surface area (Å²) in [7, 11) is 0. The molecule has 16 heavy (non-hydrogen) atoms. The molecule has 0 N–H and O–H groups in total. The Morgan fingerprint density at radius 1 is 1.31 bits per heavy atom. The van der Waals surface area contributed by atoms with Crippen molar-refractivity contribution in [1.29, 1.82) is 5.26 Å². The van der Waals surface area contributed by atoms with Crippen LogP contribution in [0.3, 0.4) is 0 Å². The SMILES string of the molecule is CCOC(=O)C(C#N)CC(=O)N(CC)CC. The van der Waals surface area contributed by atoms with E-state index in [1.54, 1.807) is 17.9 Å². The number of hydrogen-bond acceptors (Lipinski definition) is 4. The molecule has 90 valence electrons. The van der Waals surface area contributed by atoms with E-state index < -0.39 is 11.9 Å². The van der Waals surface area contributed by atoms with Gasteiger partial charge in [-0.25, -0.2) is 0 Å². The first-order valence-corrected chi connectivity index (χ1v) is 5.44. The lowest BCUT2D eigenvalue weighted by Gasteiger charge is -2.19. The summed E-state index contributed by atoms with van der Waals surface area (Å²) in [5.41, 5.74) is 0. The van der Waals surface area contributed by atoms with Crippen LogP contribution in [-0.2, 0) is 14.3 Å². The standard InChI is InChI=1S/C11H18N2O3/c1-4-13(5-2)10(14)7-9(8-12)11(15)16-6-3/h9H,4-7H2,1-3H3. The predicted octanol–water partition coefficient (Wildman–Crippen LogP) is 0.948. The third-order valence-electron chi connectivity index (χ3n) is 2.22. The van der Waals surface area contributed by atoms with Gasteiger partial charge < -0.3 is 9.64 Å². The molecule has 0 spiro atoms. The van der Waals surface area contributed by atoms with E-state index in [0.29, 0.717) is 13.1 Å². The van der Waals surface area contributed by atoms with Gasteiger partial charge in [-0.15, -0.1) is 0 Å². The second kappa shape index (κ2) is 7.69. The summed E-state index contributed by atoms with van der Waals surface area (Å²) < 4.78 is 4.71. The maximum Gasteiger partial charge on any atom is 0.323 e. The molecule has 0 rings (SSSR count). The molecule has 0 fully saturated rings. The third kappa shape index (κ3) is 4.30. The van der Waals surface area contributed by atoms with Gasteiger partial charge in [0.25, 0.3) is 0 Å². The van der Waals surface area contributed by atoms with Gasteiger partial charge in [0, 0.05) is 13.1 Å². The van der Waals surface area contributed by atoms with Gasteiger partial charge in [-0.1, -0.05) is 0 Å². The molecule has 0 aromatic rings. The summed E-state index contributed by atoms with van der Waals surface area (Å²) in [6, 6.07) is 1.80. The van der Waals surface area contributed by atoms with Gasteiger partial charge in [-0.2, -0.15) is 5.26 Å². The lowest BCUT2D eigenvalue weighted by Crippen LogP contribution is -2.33. The Bertz CT molecular complexity index is 279. The average molecular weight is 226 g/mol. The van der Waals surface area contributed by atoms with Crippen molar-refractivity contribution >= 4 is 11.9 Å². The fourth-order valence-corrected chi connectivity index (χ4v) is 1.30. The molecule has 0 aliphatic rings. The molecule has 0 saturated heterocycles. The number of hydrogen-bond donors (Lipinski definition) is 0. The topological polar surface area (TPSA) is 70.4 Å². The van der Waals surface area contributed by atoms with Crippen molar-refractivity contribution in [3.05, 3.63) is 0 Å². The summed E-state index contributed by atoms with van der Waals surface area (Å²) >= 11 is 0. The highest BCUT2D eigenvalue weighted by atomic mass is 16.5. The summed E-state index contributed by atoms with van der Waals surface area (Å²) in [6.07, 6.45) is -0.100. The van der Waals surface area contributed by atoms with E-state index >= 15 is 0 Å². The minimum atomic E-state index is -0.993. The Morgan fingerprint density at radius 3 is 2.25 bits per heavy atom. The number of amides is 1. The van der Waals surface area contributed by atoms with Gasteiger partial charge in [0.1, 0.15) is 0 Å². The molecule has 0 radical (unpaired) electrons.